The van der Waals surface area contributed by atoms with Gasteiger partial charge >= 0.3 is 113 Å². The van der Waals surface area contributed by atoms with E-state index in [2.05, 4.69) is 28.6 Å². The van der Waals surface area contributed by atoms with Gasteiger partial charge in [-0.3, -0.25) is 0 Å². The van der Waals surface area contributed by atoms with Gasteiger partial charge in [0.25, 0.3) is 0 Å². The van der Waals surface area contributed by atoms with Crippen LogP contribution in [0.3, 0.4) is 0 Å². The summed E-state index contributed by atoms with van der Waals surface area (Å²) in [5, 5.41) is 8.56. The molecule has 97 valence electrons. The van der Waals surface area contributed by atoms with Crippen molar-refractivity contribution in [3.05, 3.63) is 0 Å². The van der Waals surface area contributed by atoms with Crippen molar-refractivity contribution in [2.75, 3.05) is 12.8 Å². The summed E-state index contributed by atoms with van der Waals surface area (Å²) in [6.07, 6.45) is 0.0287. The second-order valence-corrected chi connectivity index (χ2v) is 4.71. The molecule has 17 heavy (non-hydrogen) atoms. The Hall–Kier alpha value is -0.561. The van der Waals surface area contributed by atoms with Crippen LogP contribution in [0.1, 0.15) is 12.8 Å². The number of carboxylic acid groups (broad SMARTS) is 1. The third kappa shape index (κ3) is 5.54. The number of carbonyl (C=O) groups is 3. The molecule has 0 unspecified atom stereocenters. The molecule has 0 aliphatic rings. The zero-order valence-electron chi connectivity index (χ0n) is 9.33. The maximum absolute atomic E-state index is 11.7. The fourth-order valence-corrected chi connectivity index (χ4v) is 2.30. The number of carboxylic acids is 1. The molecule has 0 aromatic carbocycles. The number of hydrogen-bond donors (Lipinski definition) is 3. The van der Waals surface area contributed by atoms with E-state index < -0.39 is 18.1 Å². The standard InChI is InChI=1S/C9H15N2O4SSe/c1-11(6(4-16)9(15)17)7(12)3-2-5(10)8(13)14/h5-6,16H,2-4,10H2,1H3,(H,13,14)/t5-,6-/m0/s1. The van der Waals surface area contributed by atoms with E-state index >= 15 is 0 Å². The van der Waals surface area contributed by atoms with Gasteiger partial charge in [0.15, 0.2) is 0 Å². The van der Waals surface area contributed by atoms with Gasteiger partial charge in [-0.2, -0.15) is 0 Å². The second kappa shape index (κ2) is 7.71. The molecular formula is C9H15N2O4SSe. The molecule has 1 radical (unpaired) electrons. The van der Waals surface area contributed by atoms with Crippen molar-refractivity contribution >= 4 is 45.2 Å². The number of amides is 1. The van der Waals surface area contributed by atoms with Crippen LogP contribution < -0.4 is 5.73 Å². The molecule has 0 saturated carbocycles. The number of rotatable bonds is 7. The Bertz CT molecular complexity index is 313. The molecule has 0 rings (SSSR count). The van der Waals surface area contributed by atoms with E-state index in [9.17, 15) is 14.4 Å². The van der Waals surface area contributed by atoms with Crippen LogP contribution in [0.25, 0.3) is 0 Å². The summed E-state index contributed by atoms with van der Waals surface area (Å²) in [7, 11) is 1.48. The van der Waals surface area contributed by atoms with Crippen molar-refractivity contribution in [2.45, 2.75) is 24.9 Å². The number of likely N-dealkylation sites (N-methyl/N-ethyl adjacent to an activating group) is 1. The van der Waals surface area contributed by atoms with E-state index in [-0.39, 0.29) is 29.2 Å². The van der Waals surface area contributed by atoms with E-state index in [1.165, 1.54) is 11.9 Å². The molecule has 0 spiro atoms. The Morgan fingerprint density at radius 2 is 2.00 bits per heavy atom. The topological polar surface area (TPSA) is 101 Å². The third-order valence-corrected chi connectivity index (χ3v) is 3.21. The molecule has 3 N–H and O–H groups in total. The number of aliphatic carboxylic acids is 1. The van der Waals surface area contributed by atoms with Crippen LogP contribution in [0, 0.1) is 0 Å². The first-order chi connectivity index (χ1) is 7.81. The maximum atomic E-state index is 11.7. The molecule has 0 heterocycles. The van der Waals surface area contributed by atoms with Crippen LogP contribution >= 0.6 is 12.6 Å². The molecule has 0 bridgehead atoms. The van der Waals surface area contributed by atoms with Gasteiger partial charge in [-0.15, -0.1) is 0 Å². The van der Waals surface area contributed by atoms with Gasteiger partial charge in [0, 0.05) is 0 Å². The van der Waals surface area contributed by atoms with E-state index in [0.717, 1.165) is 0 Å². The molecule has 0 saturated heterocycles. The summed E-state index contributed by atoms with van der Waals surface area (Å²) in [4.78, 5) is 34.5. The monoisotopic (exact) mass is 327 g/mol. The van der Waals surface area contributed by atoms with Crippen molar-refractivity contribution < 1.29 is 19.5 Å². The number of nitrogens with two attached hydrogens (primary N) is 1. The molecule has 0 aromatic rings. The molecule has 0 aliphatic carbocycles. The van der Waals surface area contributed by atoms with Crippen LogP contribution in [-0.4, -0.2) is 67.5 Å². The predicted molar refractivity (Wildman–Crippen MR) is 66.0 cm³/mol. The summed E-state index contributed by atoms with van der Waals surface area (Å²) in [6.45, 7) is 0. The van der Waals surface area contributed by atoms with Crippen molar-refractivity contribution in [1.29, 1.82) is 0 Å². The Morgan fingerprint density at radius 1 is 1.47 bits per heavy atom. The number of thiol groups is 1. The second-order valence-electron chi connectivity index (χ2n) is 3.51. The zero-order valence-corrected chi connectivity index (χ0v) is 11.9. The SMILES string of the molecule is CN(C(=O)CC[C@H](N)C(=O)O)[C@@H](CS)C(=O)[Se]. The van der Waals surface area contributed by atoms with Crippen LogP contribution in [-0.2, 0) is 14.4 Å². The van der Waals surface area contributed by atoms with Crippen molar-refractivity contribution in [2.24, 2.45) is 5.73 Å². The Morgan fingerprint density at radius 3 is 2.35 bits per heavy atom. The average Bonchev–Trinajstić information content (AvgIpc) is 2.25. The first-order valence-electron chi connectivity index (χ1n) is 4.87. The van der Waals surface area contributed by atoms with Crippen LogP contribution in [0.5, 0.6) is 0 Å². The van der Waals surface area contributed by atoms with Crippen molar-refractivity contribution in [3.63, 3.8) is 0 Å². The molecule has 1 amide bonds. The van der Waals surface area contributed by atoms with E-state index in [1.807, 2.05) is 0 Å². The normalized spacial score (nSPS) is 13.8. The molecular weight excluding hydrogens is 311 g/mol. The van der Waals surface area contributed by atoms with E-state index in [1.54, 1.807) is 0 Å². The number of nitrogens with zero attached hydrogens (tertiary/aromatic N) is 1. The first kappa shape index (κ1) is 16.4. The zero-order chi connectivity index (χ0) is 13.6. The first-order valence-corrected chi connectivity index (χ1v) is 6.36. The number of carbonyl (C=O) groups excluding carboxylic acids is 2. The molecule has 0 fully saturated rings. The minimum absolute atomic E-state index is 0.0124. The van der Waals surface area contributed by atoms with Crippen LogP contribution in [0.15, 0.2) is 0 Å². The summed E-state index contributed by atoms with van der Waals surface area (Å²) >= 11 is 6.29. The molecule has 0 aromatic heterocycles. The van der Waals surface area contributed by atoms with E-state index in [0.29, 0.717) is 0 Å². The Labute approximate surface area is 113 Å². The fourth-order valence-electron chi connectivity index (χ4n) is 1.11. The van der Waals surface area contributed by atoms with Gasteiger partial charge in [-0.05, 0) is 0 Å². The van der Waals surface area contributed by atoms with Gasteiger partial charge < -0.3 is 0 Å². The number of hydrogen-bond acceptors (Lipinski definition) is 5. The summed E-state index contributed by atoms with van der Waals surface area (Å²) in [5.41, 5.74) is 5.27. The molecule has 6 nitrogen and oxygen atoms in total. The van der Waals surface area contributed by atoms with Crippen LogP contribution in [0.4, 0.5) is 0 Å². The Kier molecular flexibility index (Phi) is 7.45. The summed E-state index contributed by atoms with van der Waals surface area (Å²) < 4.78 is -0.279. The van der Waals surface area contributed by atoms with Crippen LogP contribution in [0.2, 0.25) is 0 Å². The Balaban J connectivity index is 4.31. The van der Waals surface area contributed by atoms with Gasteiger partial charge in [-0.1, -0.05) is 0 Å². The molecule has 8 heteroatoms. The summed E-state index contributed by atoms with van der Waals surface area (Å²) in [5.74, 6) is -1.27. The van der Waals surface area contributed by atoms with Gasteiger partial charge in [0.1, 0.15) is 0 Å². The van der Waals surface area contributed by atoms with Gasteiger partial charge in [-0.25, -0.2) is 0 Å². The minimum atomic E-state index is -1.15. The van der Waals surface area contributed by atoms with E-state index in [4.69, 9.17) is 10.8 Å². The fraction of sp³-hybridized carbons (Fsp3) is 0.667. The third-order valence-electron chi connectivity index (χ3n) is 2.29. The predicted octanol–water partition coefficient (Wildman–Crippen LogP) is -1.37. The summed E-state index contributed by atoms with van der Waals surface area (Å²) in [6, 6.07) is -1.70. The average molecular weight is 326 g/mol. The quantitative estimate of drug-likeness (QED) is 0.396. The van der Waals surface area contributed by atoms with Gasteiger partial charge in [0.05, 0.1) is 0 Å². The molecule has 0 aliphatic heterocycles. The van der Waals surface area contributed by atoms with Crippen molar-refractivity contribution in [3.8, 4) is 0 Å². The molecule has 2 atom stereocenters. The van der Waals surface area contributed by atoms with Crippen molar-refractivity contribution in [1.82, 2.24) is 4.90 Å². The van der Waals surface area contributed by atoms with Gasteiger partial charge in [0.2, 0.25) is 0 Å².